The number of aliphatic hydroxyl groups excluding tert-OH is 1. The van der Waals surface area contributed by atoms with Gasteiger partial charge >= 0.3 is 5.97 Å². The first-order valence-electron chi connectivity index (χ1n) is 21.9. The number of aldehydes is 4. The van der Waals surface area contributed by atoms with E-state index in [1.807, 2.05) is 0 Å². The number of unbranched alkanes of at least 4 members (excludes halogenated alkanes) is 1. The van der Waals surface area contributed by atoms with Crippen LogP contribution in [0.15, 0.2) is 4.99 Å². The summed E-state index contributed by atoms with van der Waals surface area (Å²) in [5.74, 6) is -12.2. The van der Waals surface area contributed by atoms with Crippen molar-refractivity contribution in [1.29, 1.82) is 0 Å². The van der Waals surface area contributed by atoms with Crippen molar-refractivity contribution in [2.24, 2.45) is 33.7 Å². The summed E-state index contributed by atoms with van der Waals surface area (Å²) >= 11 is 0. The van der Waals surface area contributed by atoms with Gasteiger partial charge in [-0.2, -0.15) is 0 Å². The first-order chi connectivity index (χ1) is 33.8. The van der Waals surface area contributed by atoms with Crippen molar-refractivity contribution >= 4 is 90.0 Å². The van der Waals surface area contributed by atoms with Crippen LogP contribution >= 0.6 is 0 Å². The van der Waals surface area contributed by atoms with Crippen molar-refractivity contribution in [3.05, 3.63) is 0 Å². The topological polar surface area (TPSA) is 554 Å². The molecule has 72 heavy (non-hydrogen) atoms. The Balaban J connectivity index is 7.15. The van der Waals surface area contributed by atoms with E-state index in [2.05, 4.69) is 63.5 Å². The first-order valence-corrected chi connectivity index (χ1v) is 21.9. The van der Waals surface area contributed by atoms with Crippen molar-refractivity contribution < 1.29 is 77.3 Å². The van der Waals surface area contributed by atoms with Gasteiger partial charge in [-0.1, -0.05) is 6.42 Å². The number of Topliss-reactive ketones (excluding diaryl/α,β-unsaturated/α-hetero) is 2. The molecule has 0 radical (unpaired) electrons. The lowest BCUT2D eigenvalue weighted by Crippen LogP contribution is -2.68. The maximum absolute atomic E-state index is 14.1. The third kappa shape index (κ3) is 26.6. The number of hydrogen-bond donors (Lipinski definition) is 18. The van der Waals surface area contributed by atoms with Gasteiger partial charge in [0.05, 0.1) is 43.2 Å². The Morgan fingerprint density at radius 2 is 1.11 bits per heavy atom. The molecule has 0 fully saturated rings. The number of nitrogens with zero attached hydrogens (tertiary/aromatic N) is 1. The standard InChI is InChI=1S/C39H67N17O16/c1-18(34(68)54-31(50-22(16-59)13-25(41)63)37(71)53-29(28(42)67)49-21(15-58)7-6-10-46-39(43)44)47-36(70)33(52-24(8-4-5-9-40)27(66)19(2)61)56-38(72)32(51-23(17-60)14-26(64)65)55-35(69)30(45-11-12-57)48-20(3)62/h12,15-18,21-24,29-34,45,49-52,54,68H,4-11,13-14,40H2,1-3H3,(H2,41,63)(H2,42,67)(H,47,70)(H,48,62)(H,53,71)(H,55,69)(H,56,72)(H,64,65)(H4,43,44,46)/t18-,21+,22+,23+,24-,29-,30-,31-,32-,33+,34?/m0/s1. The molecule has 1 unspecified atom stereocenters. The average Bonchev–Trinajstić information content (AvgIpc) is 3.30. The van der Waals surface area contributed by atoms with Crippen LogP contribution in [0.3, 0.4) is 0 Å². The minimum Gasteiger partial charge on any atom is -0.481 e. The van der Waals surface area contributed by atoms with Crippen molar-refractivity contribution in [1.82, 2.24) is 58.5 Å². The summed E-state index contributed by atoms with van der Waals surface area (Å²) in [6.45, 7) is 2.74. The zero-order chi connectivity index (χ0) is 55.1. The molecule has 0 aromatic heterocycles. The normalized spacial score (nSPS) is 15.5. The number of carbonyl (C=O) groups excluding carboxylic acids is 13. The van der Waals surface area contributed by atoms with Crippen molar-refractivity contribution in [2.45, 2.75) is 133 Å². The van der Waals surface area contributed by atoms with Crippen LogP contribution < -0.4 is 87.2 Å². The van der Waals surface area contributed by atoms with Gasteiger partial charge in [-0.25, -0.2) is 0 Å². The van der Waals surface area contributed by atoms with Crippen LogP contribution in [-0.4, -0.2) is 187 Å². The van der Waals surface area contributed by atoms with E-state index in [0.29, 0.717) is 19.0 Å². The summed E-state index contributed by atoms with van der Waals surface area (Å²) in [7, 11) is 0. The lowest BCUT2D eigenvalue weighted by Gasteiger charge is -2.32. The van der Waals surface area contributed by atoms with Gasteiger partial charge in [0.2, 0.25) is 17.6 Å². The van der Waals surface area contributed by atoms with Gasteiger partial charge in [-0.05, 0) is 39.2 Å². The summed E-state index contributed by atoms with van der Waals surface area (Å²) < 4.78 is 0. The predicted molar refractivity (Wildman–Crippen MR) is 248 cm³/mol. The fourth-order valence-electron chi connectivity index (χ4n) is 6.00. The fourth-order valence-corrected chi connectivity index (χ4v) is 6.00. The molecule has 0 saturated heterocycles. The van der Waals surface area contributed by atoms with Gasteiger partial charge in [0, 0.05) is 26.8 Å². The van der Waals surface area contributed by atoms with Gasteiger partial charge in [-0.15, -0.1) is 0 Å². The molecule has 33 heteroatoms. The second-order valence-corrected chi connectivity index (χ2v) is 15.6. The van der Waals surface area contributed by atoms with E-state index in [1.54, 1.807) is 0 Å². The molecule has 0 aliphatic rings. The van der Waals surface area contributed by atoms with Crippen LogP contribution in [0.2, 0.25) is 0 Å². The maximum Gasteiger partial charge on any atom is 0.305 e. The van der Waals surface area contributed by atoms with Crippen LogP contribution in [-0.2, 0) is 67.1 Å². The Kier molecular flexibility index (Phi) is 31.4. The Morgan fingerprint density at radius 1 is 0.597 bits per heavy atom. The third-order valence-electron chi connectivity index (χ3n) is 9.52. The summed E-state index contributed by atoms with van der Waals surface area (Å²) in [4.78, 5) is 179. The molecule has 0 aromatic rings. The number of ketones is 2. The van der Waals surface area contributed by atoms with Crippen LogP contribution in [0.1, 0.15) is 65.7 Å². The number of carboxylic acids is 1. The molecule has 404 valence electrons. The highest BCUT2D eigenvalue weighted by molar-refractivity contribution is 6.38. The third-order valence-corrected chi connectivity index (χ3v) is 9.52. The number of amides is 7. The van der Waals surface area contributed by atoms with Crippen molar-refractivity contribution in [3.8, 4) is 0 Å². The molecule has 0 saturated carbocycles. The minimum absolute atomic E-state index is 0.0318. The number of aliphatic carboxylic acids is 1. The number of aliphatic hydroxyl groups is 1. The summed E-state index contributed by atoms with van der Waals surface area (Å²) in [5, 5.41) is 46.0. The highest BCUT2D eigenvalue weighted by atomic mass is 16.4. The highest BCUT2D eigenvalue weighted by Crippen LogP contribution is 2.06. The van der Waals surface area contributed by atoms with Gasteiger partial charge in [-0.3, -0.25) is 84.8 Å². The molecule has 0 aromatic carbocycles. The molecule has 23 N–H and O–H groups in total. The molecule has 0 spiro atoms. The summed E-state index contributed by atoms with van der Waals surface area (Å²) in [5.41, 5.74) is 26.9. The zero-order valence-electron chi connectivity index (χ0n) is 39.7. The number of carbonyl (C=O) groups is 14. The predicted octanol–water partition coefficient (Wildman–Crippen LogP) is -11.1. The molecule has 7 amide bonds. The number of primary amides is 2. The van der Waals surface area contributed by atoms with Crippen LogP contribution in [0, 0.1) is 0 Å². The van der Waals surface area contributed by atoms with Gasteiger partial charge in [0.15, 0.2) is 36.4 Å². The quantitative estimate of drug-likeness (QED) is 0.00675. The summed E-state index contributed by atoms with van der Waals surface area (Å²) in [6.07, 6.45) is -12.1. The van der Waals surface area contributed by atoms with E-state index in [-0.39, 0.29) is 57.3 Å². The van der Waals surface area contributed by atoms with Gasteiger partial charge in [0.1, 0.15) is 37.5 Å². The molecular formula is C39H67N17O16. The van der Waals surface area contributed by atoms with Crippen molar-refractivity contribution in [2.75, 3.05) is 19.6 Å². The lowest BCUT2D eigenvalue weighted by molar-refractivity contribution is -0.139. The monoisotopic (exact) mass is 1030 g/mol. The Bertz CT molecular complexity index is 1940. The number of guanidine groups is 1. The van der Waals surface area contributed by atoms with E-state index in [9.17, 15) is 77.3 Å². The van der Waals surface area contributed by atoms with Crippen molar-refractivity contribution in [3.63, 3.8) is 0 Å². The Hall–Kier alpha value is -7.27. The molecule has 33 nitrogen and oxygen atoms in total. The molecule has 0 bridgehead atoms. The number of nitrogens with two attached hydrogens (primary N) is 5. The molecule has 11 atom stereocenters. The second kappa shape index (κ2) is 34.9. The number of rotatable bonds is 41. The van der Waals surface area contributed by atoms with Crippen LogP contribution in [0.4, 0.5) is 0 Å². The average molecular weight is 1030 g/mol. The van der Waals surface area contributed by atoms with Crippen LogP contribution in [0.5, 0.6) is 0 Å². The lowest BCUT2D eigenvalue weighted by atomic mass is 10.0. The maximum atomic E-state index is 14.1. The fraction of sp³-hybridized carbons (Fsp3) is 0.615. The number of carboxylic acid groups (broad SMARTS) is 1. The van der Waals surface area contributed by atoms with Crippen LogP contribution in [0.25, 0.3) is 0 Å². The van der Waals surface area contributed by atoms with E-state index < -0.39 is 146 Å². The van der Waals surface area contributed by atoms with E-state index >= 15 is 0 Å². The Labute approximate surface area is 411 Å². The second-order valence-electron chi connectivity index (χ2n) is 15.6. The number of nitrogens with one attached hydrogen (secondary N) is 11. The van der Waals surface area contributed by atoms with E-state index in [0.717, 1.165) is 20.8 Å². The molecular weight excluding hydrogens is 963 g/mol. The molecule has 0 aliphatic carbocycles. The minimum atomic E-state index is -2.16. The first kappa shape index (κ1) is 64.7. The number of aliphatic imine (C=N–C) groups is 1. The summed E-state index contributed by atoms with van der Waals surface area (Å²) in [6, 6.07) is -7.50. The molecule has 0 rings (SSSR count). The van der Waals surface area contributed by atoms with Gasteiger partial charge < -0.3 is 84.6 Å². The zero-order valence-corrected chi connectivity index (χ0v) is 39.7. The SMILES string of the molecule is CC(=O)N[C@H](NCC=O)C(=O)N[C@H](N[C@@H](C=O)CC(=O)O)C(=O)N[C@@H](N[C@@H](CCCCN)C(=O)C(C)=O)C(=O)N[C@@H](C)C(O)N[C@H](N[C@@H](C=O)CC(N)=O)C(=O)N[C@H](N[C@@H](C=O)CCCN=C(N)N)C(N)=O. The molecule has 0 heterocycles. The smallest absolute Gasteiger partial charge is 0.305 e. The largest absolute Gasteiger partial charge is 0.481 e. The number of hydrogen-bond acceptors (Lipinski definition) is 23. The van der Waals surface area contributed by atoms with Gasteiger partial charge in [0.25, 0.3) is 29.5 Å². The van der Waals surface area contributed by atoms with E-state index in [1.165, 1.54) is 0 Å². The van der Waals surface area contributed by atoms with E-state index in [4.69, 9.17) is 28.7 Å². The molecule has 0 aliphatic heterocycles. The Morgan fingerprint density at radius 3 is 1.61 bits per heavy atom. The highest BCUT2D eigenvalue weighted by Gasteiger charge is 2.36.